The normalized spacial score (nSPS) is 16.4. The molecule has 0 atom stereocenters. The van der Waals surface area contributed by atoms with E-state index in [0.29, 0.717) is 5.95 Å². The molecule has 0 amide bonds. The van der Waals surface area contributed by atoms with Gasteiger partial charge in [0.15, 0.2) is 0 Å². The van der Waals surface area contributed by atoms with Gasteiger partial charge in [-0.15, -0.1) is 5.10 Å². The Morgan fingerprint density at radius 1 is 1.13 bits per heavy atom. The molecule has 0 unspecified atom stereocenters. The highest BCUT2D eigenvalue weighted by atomic mass is 35.7. The van der Waals surface area contributed by atoms with E-state index in [9.17, 15) is 8.42 Å². The molecule has 2 aliphatic rings. The third-order valence-corrected chi connectivity index (χ3v) is 5.69. The molecular weight excluding hydrogens is 336 g/mol. The van der Waals surface area contributed by atoms with Gasteiger partial charge in [0, 0.05) is 23.4 Å². The summed E-state index contributed by atoms with van der Waals surface area (Å²) in [4.78, 5) is 4.05. The molecule has 2 aromatic rings. The lowest BCUT2D eigenvalue weighted by molar-refractivity contribution is 0.598. The van der Waals surface area contributed by atoms with E-state index in [1.54, 1.807) is 7.05 Å². The number of aryl methyl sites for hydroxylation is 3. The molecule has 0 aliphatic heterocycles. The summed E-state index contributed by atoms with van der Waals surface area (Å²) in [5.41, 5.74) is 6.58. The molecule has 1 aromatic carbocycles. The highest BCUT2D eigenvalue weighted by Gasteiger charge is 2.26. The van der Waals surface area contributed by atoms with Crippen LogP contribution in [0.1, 0.15) is 35.1 Å². The van der Waals surface area contributed by atoms with Crippen molar-refractivity contribution in [1.29, 1.82) is 0 Å². The van der Waals surface area contributed by atoms with Crippen LogP contribution in [0.3, 0.4) is 0 Å². The Morgan fingerprint density at radius 2 is 1.74 bits per heavy atom. The smallest absolute Gasteiger partial charge is 0.298 e. The lowest BCUT2D eigenvalue weighted by Crippen LogP contribution is -2.06. The highest BCUT2D eigenvalue weighted by molar-refractivity contribution is 8.13. The molecule has 0 radical (unpaired) electrons. The average Bonchev–Trinajstić information content (AvgIpc) is 3.17. The van der Waals surface area contributed by atoms with Crippen LogP contribution in [0.2, 0.25) is 0 Å². The summed E-state index contributed by atoms with van der Waals surface area (Å²) in [6, 6.07) is 2.35. The average molecular weight is 353 g/mol. The molecule has 8 heteroatoms. The molecule has 1 N–H and O–H groups in total. The van der Waals surface area contributed by atoms with Gasteiger partial charge in [-0.3, -0.25) is 0 Å². The minimum atomic E-state index is -3.93. The van der Waals surface area contributed by atoms with Gasteiger partial charge in [-0.1, -0.05) is 6.07 Å². The number of benzene rings is 1. The quantitative estimate of drug-likeness (QED) is 0.859. The van der Waals surface area contributed by atoms with Crippen LogP contribution in [0.4, 0.5) is 11.6 Å². The van der Waals surface area contributed by atoms with Crippen LogP contribution in [-0.4, -0.2) is 23.2 Å². The predicted molar refractivity (Wildman–Crippen MR) is 87.8 cm³/mol. The number of halogens is 1. The van der Waals surface area contributed by atoms with E-state index in [-0.39, 0.29) is 5.16 Å². The van der Waals surface area contributed by atoms with Gasteiger partial charge in [0.05, 0.1) is 0 Å². The van der Waals surface area contributed by atoms with Gasteiger partial charge in [0.2, 0.25) is 5.95 Å². The van der Waals surface area contributed by atoms with Crippen molar-refractivity contribution in [1.82, 2.24) is 14.8 Å². The largest absolute Gasteiger partial charge is 0.324 e. The first-order valence-electron chi connectivity index (χ1n) is 7.72. The zero-order valence-electron chi connectivity index (χ0n) is 12.8. The monoisotopic (exact) mass is 352 g/mol. The summed E-state index contributed by atoms with van der Waals surface area (Å²) < 4.78 is 24.3. The van der Waals surface area contributed by atoms with Crippen LogP contribution >= 0.6 is 10.7 Å². The van der Waals surface area contributed by atoms with Gasteiger partial charge in [-0.25, -0.2) is 13.1 Å². The van der Waals surface area contributed by atoms with Gasteiger partial charge < -0.3 is 5.32 Å². The summed E-state index contributed by atoms with van der Waals surface area (Å²) in [5, 5.41) is 6.85. The van der Waals surface area contributed by atoms with Crippen LogP contribution in [0, 0.1) is 0 Å². The Kier molecular flexibility index (Phi) is 3.39. The zero-order chi connectivity index (χ0) is 16.2. The van der Waals surface area contributed by atoms with Crippen LogP contribution in [0.15, 0.2) is 11.2 Å². The summed E-state index contributed by atoms with van der Waals surface area (Å²) in [6.07, 6.45) is 6.63. The fraction of sp³-hybridized carbons (Fsp3) is 0.467. The number of hydrogen-bond donors (Lipinski definition) is 1. The van der Waals surface area contributed by atoms with E-state index in [1.807, 2.05) is 0 Å². The number of anilines is 2. The first-order valence-corrected chi connectivity index (χ1v) is 10.0. The van der Waals surface area contributed by atoms with Gasteiger partial charge in [0.25, 0.3) is 14.2 Å². The summed E-state index contributed by atoms with van der Waals surface area (Å²) in [7, 11) is 3.07. The molecule has 0 bridgehead atoms. The Balaban J connectivity index is 1.80. The second kappa shape index (κ2) is 5.21. The minimum absolute atomic E-state index is 0.367. The molecule has 23 heavy (non-hydrogen) atoms. The number of aromatic nitrogens is 3. The molecule has 0 saturated heterocycles. The van der Waals surface area contributed by atoms with Gasteiger partial charge in [-0.05, 0) is 60.8 Å². The van der Waals surface area contributed by atoms with Crippen LogP contribution in [-0.2, 0) is 41.8 Å². The zero-order valence-corrected chi connectivity index (χ0v) is 14.3. The number of hydrogen-bond acceptors (Lipinski definition) is 5. The molecule has 1 aromatic heterocycles. The minimum Gasteiger partial charge on any atom is -0.324 e. The molecule has 4 rings (SSSR count). The molecule has 0 fully saturated rings. The topological polar surface area (TPSA) is 76.9 Å². The van der Waals surface area contributed by atoms with E-state index < -0.39 is 9.05 Å². The number of fused-ring (bicyclic) bond motifs is 2. The lowest BCUT2D eigenvalue weighted by Gasteiger charge is -2.16. The van der Waals surface area contributed by atoms with E-state index >= 15 is 0 Å². The maximum Gasteiger partial charge on any atom is 0.298 e. The predicted octanol–water partition coefficient (Wildman–Crippen LogP) is 2.46. The van der Waals surface area contributed by atoms with Crippen molar-refractivity contribution in [3.8, 4) is 0 Å². The summed E-state index contributed by atoms with van der Waals surface area (Å²) in [6.45, 7) is 0. The van der Waals surface area contributed by atoms with Crippen molar-refractivity contribution in [2.45, 2.75) is 43.7 Å². The highest BCUT2D eigenvalue weighted by Crippen LogP contribution is 2.39. The van der Waals surface area contributed by atoms with Crippen molar-refractivity contribution in [2.75, 3.05) is 5.32 Å². The first-order chi connectivity index (χ1) is 10.9. The Hall–Kier alpha value is -1.60. The Morgan fingerprint density at radius 3 is 2.26 bits per heavy atom. The fourth-order valence-corrected chi connectivity index (χ4v) is 4.26. The van der Waals surface area contributed by atoms with Gasteiger partial charge in [0.1, 0.15) is 0 Å². The maximum atomic E-state index is 11.4. The van der Waals surface area contributed by atoms with Crippen molar-refractivity contribution in [3.05, 3.63) is 28.3 Å². The van der Waals surface area contributed by atoms with Gasteiger partial charge in [-0.2, -0.15) is 4.98 Å². The molecule has 2 aliphatic carbocycles. The molecule has 0 spiro atoms. The van der Waals surface area contributed by atoms with Crippen molar-refractivity contribution < 1.29 is 8.42 Å². The molecular formula is C15H17ClN4O2S. The SMILES string of the molecule is Cn1nc(S(=O)(=O)Cl)nc1Nc1c2c(cc3c1CCC3)CCC2. The van der Waals surface area contributed by atoms with Crippen molar-refractivity contribution >= 4 is 31.4 Å². The standard InChI is InChI=1S/C15H17ClN4O2S/c1-20-14(18-15(19-20)23(16,21)22)17-13-11-6-2-4-9(11)8-10-5-3-7-12(10)13/h8H,2-7H2,1H3,(H,17,18,19). The molecule has 1 heterocycles. The summed E-state index contributed by atoms with van der Waals surface area (Å²) in [5.74, 6) is 0.402. The molecule has 122 valence electrons. The molecule has 6 nitrogen and oxygen atoms in total. The van der Waals surface area contributed by atoms with E-state index in [0.717, 1.165) is 44.2 Å². The molecule has 0 saturated carbocycles. The van der Waals surface area contributed by atoms with Crippen molar-refractivity contribution in [2.24, 2.45) is 7.05 Å². The first kappa shape index (κ1) is 15.0. The van der Waals surface area contributed by atoms with Crippen LogP contribution in [0.5, 0.6) is 0 Å². The van der Waals surface area contributed by atoms with E-state index in [1.165, 1.54) is 26.9 Å². The second-order valence-corrected chi connectivity index (χ2v) is 8.60. The van der Waals surface area contributed by atoms with E-state index in [4.69, 9.17) is 10.7 Å². The second-order valence-electron chi connectivity index (χ2n) is 6.14. The number of nitrogens with one attached hydrogen (secondary N) is 1. The Bertz CT molecular complexity index is 872. The fourth-order valence-electron chi connectivity index (χ4n) is 3.65. The lowest BCUT2D eigenvalue weighted by atomic mass is 9.99. The third-order valence-electron chi connectivity index (χ3n) is 4.67. The number of rotatable bonds is 3. The van der Waals surface area contributed by atoms with Crippen LogP contribution < -0.4 is 5.32 Å². The Labute approximate surface area is 139 Å². The van der Waals surface area contributed by atoms with Crippen LogP contribution in [0.25, 0.3) is 0 Å². The third kappa shape index (κ3) is 2.52. The van der Waals surface area contributed by atoms with E-state index in [2.05, 4.69) is 21.5 Å². The summed E-state index contributed by atoms with van der Waals surface area (Å²) >= 11 is 0. The van der Waals surface area contributed by atoms with Crippen molar-refractivity contribution in [3.63, 3.8) is 0 Å². The maximum absolute atomic E-state index is 11.4. The number of nitrogens with zero attached hydrogens (tertiary/aromatic N) is 3. The van der Waals surface area contributed by atoms with Gasteiger partial charge >= 0.3 is 0 Å².